The molecule has 4 unspecified atom stereocenters. The van der Waals surface area contributed by atoms with Crippen LogP contribution in [0.2, 0.25) is 0 Å². The van der Waals surface area contributed by atoms with Crippen molar-refractivity contribution in [3.8, 4) is 50.2 Å². The first kappa shape index (κ1) is 40.1. The maximum absolute atomic E-state index is 2.62. The van der Waals surface area contributed by atoms with E-state index in [1.165, 1.54) is 100 Å². The van der Waals surface area contributed by atoms with Gasteiger partial charge in [-0.25, -0.2) is 0 Å². The highest BCUT2D eigenvalue weighted by Gasteiger charge is 2.48. The molecule has 1 saturated heterocycles. The van der Waals surface area contributed by atoms with Crippen molar-refractivity contribution in [1.82, 2.24) is 4.57 Å². The van der Waals surface area contributed by atoms with E-state index in [9.17, 15) is 0 Å². The largest absolute Gasteiger partial charge is 0.337 e. The number of hydrogen-bond donors (Lipinski definition) is 0. The monoisotopic (exact) mass is 870 g/mol. The molecule has 2 heteroatoms. The lowest BCUT2D eigenvalue weighted by atomic mass is 9.73. The number of aromatic nitrogens is 1. The first-order chi connectivity index (χ1) is 33.7. The van der Waals surface area contributed by atoms with Gasteiger partial charge < -0.3 is 9.47 Å². The predicted molar refractivity (Wildman–Crippen MR) is 287 cm³/mol. The van der Waals surface area contributed by atoms with Gasteiger partial charge in [-0.05, 0) is 123 Å². The lowest BCUT2D eigenvalue weighted by Gasteiger charge is -2.31. The minimum atomic E-state index is 0.174. The minimum absolute atomic E-state index is 0.174. The zero-order chi connectivity index (χ0) is 45.0. The maximum atomic E-state index is 2.62. The summed E-state index contributed by atoms with van der Waals surface area (Å²) in [5.41, 5.74) is 20.1. The third kappa shape index (κ3) is 6.95. The number of benzene rings is 8. The molecule has 0 radical (unpaired) electrons. The lowest BCUT2D eigenvalue weighted by Crippen LogP contribution is -2.30. The Morgan fingerprint density at radius 1 is 0.426 bits per heavy atom. The Morgan fingerprint density at radius 2 is 1.03 bits per heavy atom. The number of rotatable bonds is 8. The van der Waals surface area contributed by atoms with Gasteiger partial charge >= 0.3 is 0 Å². The van der Waals surface area contributed by atoms with Crippen LogP contribution in [0.15, 0.2) is 261 Å². The van der Waals surface area contributed by atoms with Crippen molar-refractivity contribution >= 4 is 33.1 Å². The molecule has 4 atom stereocenters. The maximum Gasteiger partial charge on any atom is 0.0591 e. The van der Waals surface area contributed by atoms with Gasteiger partial charge in [0.05, 0.1) is 17.1 Å². The number of nitrogens with zero attached hydrogens (tertiary/aromatic N) is 2. The third-order valence-corrected chi connectivity index (χ3v) is 14.8. The van der Waals surface area contributed by atoms with E-state index in [0.29, 0.717) is 5.92 Å². The Labute approximate surface area is 399 Å². The van der Waals surface area contributed by atoms with Gasteiger partial charge in [-0.15, -0.1) is 0 Å². The van der Waals surface area contributed by atoms with Crippen LogP contribution in [0.1, 0.15) is 29.9 Å². The van der Waals surface area contributed by atoms with Crippen LogP contribution in [0.5, 0.6) is 0 Å². The molecular formula is C66H50N2. The molecule has 0 N–H and O–H groups in total. The van der Waals surface area contributed by atoms with Crippen molar-refractivity contribution in [3.05, 3.63) is 272 Å². The molecule has 0 spiro atoms. The molecular weight excluding hydrogens is 821 g/mol. The molecule has 0 saturated carbocycles. The summed E-state index contributed by atoms with van der Waals surface area (Å²) in [6.45, 7) is 0. The molecule has 324 valence electrons. The van der Waals surface area contributed by atoms with Gasteiger partial charge in [0.15, 0.2) is 0 Å². The Morgan fingerprint density at radius 3 is 1.81 bits per heavy atom. The first-order valence-corrected chi connectivity index (χ1v) is 24.2. The number of hydrogen-bond acceptors (Lipinski definition) is 1. The highest BCUT2D eigenvalue weighted by Crippen LogP contribution is 2.53. The molecule has 9 aromatic rings. The van der Waals surface area contributed by atoms with Crippen molar-refractivity contribution in [2.75, 3.05) is 4.90 Å². The van der Waals surface area contributed by atoms with Crippen LogP contribution in [0, 0.1) is 11.8 Å². The van der Waals surface area contributed by atoms with E-state index in [4.69, 9.17) is 0 Å². The smallest absolute Gasteiger partial charge is 0.0591 e. The second-order valence-electron chi connectivity index (χ2n) is 18.7. The summed E-state index contributed by atoms with van der Waals surface area (Å²) in [6.07, 6.45) is 25.6. The van der Waals surface area contributed by atoms with E-state index in [2.05, 4.69) is 264 Å². The Hall–Kier alpha value is -8.20. The zero-order valence-corrected chi connectivity index (χ0v) is 37.9. The SMILES string of the molecule is C1=CC(c2cccc3c4ccccc4n(-c4ccc(-c5ccc(-c6cccc(-c7cccc(C8=CCCC=C8)c7)c6)cc5)cc4)c23)C2C(=C1)N(c1cccc(-c3ccccc3)c1)C1C=CC=CC21. The molecule has 3 aliphatic carbocycles. The van der Waals surface area contributed by atoms with Gasteiger partial charge in [0.2, 0.25) is 0 Å². The van der Waals surface area contributed by atoms with Gasteiger partial charge in [-0.1, -0.05) is 206 Å². The van der Waals surface area contributed by atoms with E-state index < -0.39 is 0 Å². The fourth-order valence-electron chi connectivity index (χ4n) is 11.6. The molecule has 68 heavy (non-hydrogen) atoms. The Kier molecular flexibility index (Phi) is 9.97. The zero-order valence-electron chi connectivity index (χ0n) is 37.9. The number of anilines is 1. The van der Waals surface area contributed by atoms with Gasteiger partial charge in [0, 0.05) is 45.6 Å². The van der Waals surface area contributed by atoms with Crippen molar-refractivity contribution in [2.45, 2.75) is 24.8 Å². The second kappa shape index (κ2) is 16.9. The van der Waals surface area contributed by atoms with Crippen LogP contribution in [0.4, 0.5) is 5.69 Å². The fraction of sp³-hybridized carbons (Fsp3) is 0.0909. The van der Waals surface area contributed by atoms with Gasteiger partial charge in [0.25, 0.3) is 0 Å². The first-order valence-electron chi connectivity index (χ1n) is 24.2. The summed E-state index contributed by atoms with van der Waals surface area (Å²) in [4.78, 5) is 2.62. The third-order valence-electron chi connectivity index (χ3n) is 14.8. The van der Waals surface area contributed by atoms with Crippen LogP contribution in [-0.2, 0) is 0 Å². The van der Waals surface area contributed by atoms with Crippen molar-refractivity contribution < 1.29 is 0 Å². The lowest BCUT2D eigenvalue weighted by molar-refractivity contribution is 0.450. The Bertz CT molecular complexity index is 3570. The van der Waals surface area contributed by atoms with Crippen LogP contribution in [0.3, 0.4) is 0 Å². The van der Waals surface area contributed by atoms with Crippen molar-refractivity contribution in [2.24, 2.45) is 11.8 Å². The molecule has 2 heterocycles. The highest BCUT2D eigenvalue weighted by molar-refractivity contribution is 6.10. The molecule has 13 rings (SSSR count). The van der Waals surface area contributed by atoms with E-state index in [1.807, 2.05) is 0 Å². The van der Waals surface area contributed by atoms with E-state index in [1.54, 1.807) is 0 Å². The van der Waals surface area contributed by atoms with Gasteiger partial charge in [0.1, 0.15) is 0 Å². The summed E-state index contributed by atoms with van der Waals surface area (Å²) in [7, 11) is 0. The molecule has 4 aliphatic rings. The molecule has 1 fully saturated rings. The molecule has 1 aromatic heterocycles. The summed E-state index contributed by atoms with van der Waals surface area (Å²) in [6, 6.07) is 72.2. The number of fused-ring (bicyclic) bond motifs is 6. The van der Waals surface area contributed by atoms with Crippen LogP contribution >= 0.6 is 0 Å². The standard InChI is InChI=1S/C66H50N2/c1-3-16-45(17-4-1)50-20-11-22-52(42-50)53-23-12-21-51(43-53)49-36-34-47(35-37-49)48-38-40-55(41-39-48)68-62-31-9-7-26-57(62)59-29-14-30-60(66(59)68)58-28-15-33-64-65(58)61-27-8-10-32-63(61)67(64)56-25-13-24-54(44-56)46-18-5-2-6-19-46/h2-3,5-44,58,61,63,65H,1,4H2. The summed E-state index contributed by atoms with van der Waals surface area (Å²) < 4.78 is 2.52. The van der Waals surface area contributed by atoms with Gasteiger partial charge in [-0.2, -0.15) is 0 Å². The summed E-state index contributed by atoms with van der Waals surface area (Å²) in [5, 5.41) is 2.57. The Balaban J connectivity index is 0.830. The molecule has 0 amide bonds. The highest BCUT2D eigenvalue weighted by atomic mass is 15.2. The molecule has 0 bridgehead atoms. The normalized spacial score (nSPS) is 19.3. The van der Waals surface area contributed by atoms with E-state index >= 15 is 0 Å². The van der Waals surface area contributed by atoms with Crippen LogP contribution in [-0.4, -0.2) is 10.6 Å². The molecule has 8 aromatic carbocycles. The summed E-state index contributed by atoms with van der Waals surface area (Å²) >= 11 is 0. The predicted octanol–water partition coefficient (Wildman–Crippen LogP) is 17.0. The van der Waals surface area contributed by atoms with Crippen LogP contribution < -0.4 is 4.90 Å². The topological polar surface area (TPSA) is 8.17 Å². The van der Waals surface area contributed by atoms with Gasteiger partial charge in [-0.3, -0.25) is 0 Å². The fourth-order valence-corrected chi connectivity index (χ4v) is 11.6. The average molecular weight is 871 g/mol. The number of para-hydroxylation sites is 2. The van der Waals surface area contributed by atoms with Crippen molar-refractivity contribution in [3.63, 3.8) is 0 Å². The average Bonchev–Trinajstić information content (AvgIpc) is 3.95. The quantitative estimate of drug-likeness (QED) is 0.148. The van der Waals surface area contributed by atoms with Crippen molar-refractivity contribution in [1.29, 1.82) is 0 Å². The number of allylic oxidation sites excluding steroid dienone is 10. The molecule has 2 nitrogen and oxygen atoms in total. The minimum Gasteiger partial charge on any atom is -0.337 e. The molecule has 1 aliphatic heterocycles. The second-order valence-corrected chi connectivity index (χ2v) is 18.7. The van der Waals surface area contributed by atoms with E-state index in [-0.39, 0.29) is 17.9 Å². The summed E-state index contributed by atoms with van der Waals surface area (Å²) in [5.74, 6) is 0.765. The van der Waals surface area contributed by atoms with Crippen LogP contribution in [0.25, 0.3) is 77.6 Å². The van der Waals surface area contributed by atoms with E-state index in [0.717, 1.165) is 12.8 Å².